The Morgan fingerprint density at radius 1 is 1.08 bits per heavy atom. The molecule has 1 saturated heterocycles. The fourth-order valence-corrected chi connectivity index (χ4v) is 4.81. The molecule has 2 aromatic carbocycles. The molecule has 0 saturated carbocycles. The van der Waals surface area contributed by atoms with E-state index < -0.39 is 0 Å². The SMILES string of the molecule is COc1cccc(-c2nc(-c3ccc(CCN4C[C@@H](C)O[C@@H](C)C4)cc3)nn2CC(=O)CC(C)C)c1. The van der Waals surface area contributed by atoms with Crippen molar-refractivity contribution >= 4 is 5.78 Å². The Morgan fingerprint density at radius 2 is 1.81 bits per heavy atom. The lowest BCUT2D eigenvalue weighted by Crippen LogP contribution is -2.46. The van der Waals surface area contributed by atoms with Gasteiger partial charge in [-0.2, -0.15) is 0 Å². The molecule has 1 aromatic heterocycles. The molecule has 7 nitrogen and oxygen atoms in total. The van der Waals surface area contributed by atoms with Crippen molar-refractivity contribution in [3.8, 4) is 28.5 Å². The summed E-state index contributed by atoms with van der Waals surface area (Å²) in [4.78, 5) is 20.0. The van der Waals surface area contributed by atoms with Crippen LogP contribution in [0.5, 0.6) is 5.75 Å². The second-order valence-electron chi connectivity index (χ2n) is 10.2. The van der Waals surface area contributed by atoms with E-state index in [1.54, 1.807) is 11.8 Å². The van der Waals surface area contributed by atoms with Gasteiger partial charge in [0.05, 0.1) is 19.3 Å². The zero-order chi connectivity index (χ0) is 25.7. The van der Waals surface area contributed by atoms with Crippen LogP contribution in [0, 0.1) is 5.92 Å². The van der Waals surface area contributed by atoms with Crippen LogP contribution in [0.2, 0.25) is 0 Å². The molecule has 3 aromatic rings. The average molecular weight is 491 g/mol. The summed E-state index contributed by atoms with van der Waals surface area (Å²) in [5.74, 6) is 2.48. The molecule has 192 valence electrons. The number of aromatic nitrogens is 3. The third-order valence-electron chi connectivity index (χ3n) is 6.39. The Morgan fingerprint density at radius 3 is 2.47 bits per heavy atom. The number of benzene rings is 2. The van der Waals surface area contributed by atoms with E-state index in [4.69, 9.17) is 19.6 Å². The summed E-state index contributed by atoms with van der Waals surface area (Å²) < 4.78 is 13.0. The van der Waals surface area contributed by atoms with Gasteiger partial charge < -0.3 is 9.47 Å². The van der Waals surface area contributed by atoms with Crippen LogP contribution in [0.4, 0.5) is 0 Å². The minimum absolute atomic E-state index is 0.146. The predicted molar refractivity (Wildman–Crippen MR) is 142 cm³/mol. The van der Waals surface area contributed by atoms with Crippen molar-refractivity contribution < 1.29 is 14.3 Å². The van der Waals surface area contributed by atoms with Crippen LogP contribution in [0.25, 0.3) is 22.8 Å². The molecular formula is C29H38N4O3. The van der Waals surface area contributed by atoms with E-state index in [1.807, 2.05) is 24.3 Å². The molecule has 2 atom stereocenters. The van der Waals surface area contributed by atoms with Gasteiger partial charge in [-0.25, -0.2) is 9.67 Å². The maximum atomic E-state index is 12.6. The number of Topliss-reactive ketones (excluding diaryl/α,β-unsaturated/α-hetero) is 1. The summed E-state index contributed by atoms with van der Waals surface area (Å²) in [5.41, 5.74) is 3.09. The average Bonchev–Trinajstić information content (AvgIpc) is 3.25. The van der Waals surface area contributed by atoms with E-state index in [1.165, 1.54) is 5.56 Å². The number of morpholine rings is 1. The quantitative estimate of drug-likeness (QED) is 0.403. The summed E-state index contributed by atoms with van der Waals surface area (Å²) in [7, 11) is 1.64. The van der Waals surface area contributed by atoms with Crippen molar-refractivity contribution in [3.63, 3.8) is 0 Å². The number of ether oxygens (including phenoxy) is 2. The van der Waals surface area contributed by atoms with Crippen LogP contribution in [0.15, 0.2) is 48.5 Å². The van der Waals surface area contributed by atoms with Crippen molar-refractivity contribution in [2.45, 2.75) is 59.3 Å². The lowest BCUT2D eigenvalue weighted by molar-refractivity contribution is -0.120. The van der Waals surface area contributed by atoms with E-state index >= 15 is 0 Å². The van der Waals surface area contributed by atoms with Crippen molar-refractivity contribution in [2.75, 3.05) is 26.7 Å². The van der Waals surface area contributed by atoms with Gasteiger partial charge in [0.1, 0.15) is 12.3 Å². The minimum Gasteiger partial charge on any atom is -0.497 e. The van der Waals surface area contributed by atoms with Crippen LogP contribution in [0.1, 0.15) is 39.7 Å². The standard InChI is InChI=1S/C29H38N4O3/c1-20(2)15-26(34)19-33-29(25-7-6-8-27(16-25)35-5)30-28(31-33)24-11-9-23(10-12-24)13-14-32-17-21(3)36-22(4)18-32/h6-12,16,20-22H,13-15,17-19H2,1-5H3/t21-,22+. The highest BCUT2D eigenvalue weighted by molar-refractivity contribution is 5.79. The molecule has 0 aliphatic carbocycles. The van der Waals surface area contributed by atoms with Crippen LogP contribution in [-0.4, -0.2) is 64.4 Å². The number of ketones is 1. The normalized spacial score (nSPS) is 18.5. The van der Waals surface area contributed by atoms with Crippen molar-refractivity contribution in [3.05, 3.63) is 54.1 Å². The molecule has 0 radical (unpaired) electrons. The summed E-state index contributed by atoms with van der Waals surface area (Å²) in [6, 6.07) is 16.2. The lowest BCUT2D eigenvalue weighted by atomic mass is 10.1. The molecule has 36 heavy (non-hydrogen) atoms. The minimum atomic E-state index is 0.146. The van der Waals surface area contributed by atoms with Crippen molar-refractivity contribution in [1.82, 2.24) is 19.7 Å². The second kappa shape index (κ2) is 11.8. The van der Waals surface area contributed by atoms with Gasteiger partial charge >= 0.3 is 0 Å². The van der Waals surface area contributed by atoms with Gasteiger partial charge in [0.15, 0.2) is 17.4 Å². The van der Waals surface area contributed by atoms with E-state index in [2.05, 4.69) is 56.9 Å². The third kappa shape index (κ3) is 6.80. The molecule has 4 rings (SSSR count). The Kier molecular flexibility index (Phi) is 8.54. The molecule has 0 bridgehead atoms. The van der Waals surface area contributed by atoms with Gasteiger partial charge in [-0.1, -0.05) is 50.2 Å². The number of rotatable bonds is 10. The summed E-state index contributed by atoms with van der Waals surface area (Å²) in [6.07, 6.45) is 2.06. The van der Waals surface area contributed by atoms with Gasteiger partial charge in [-0.3, -0.25) is 9.69 Å². The van der Waals surface area contributed by atoms with E-state index in [0.29, 0.717) is 24.0 Å². The first-order valence-corrected chi connectivity index (χ1v) is 12.9. The summed E-state index contributed by atoms with van der Waals surface area (Å²) in [6.45, 7) is 11.6. The molecule has 7 heteroatoms. The number of methoxy groups -OCH3 is 1. The molecule has 1 fully saturated rings. The van der Waals surface area contributed by atoms with Gasteiger partial charge in [0.25, 0.3) is 0 Å². The Hall–Kier alpha value is -3.03. The van der Waals surface area contributed by atoms with Gasteiger partial charge in [0, 0.05) is 37.2 Å². The zero-order valence-corrected chi connectivity index (χ0v) is 22.1. The van der Waals surface area contributed by atoms with Gasteiger partial charge in [-0.05, 0) is 43.9 Å². The smallest absolute Gasteiger partial charge is 0.181 e. The number of hydrogen-bond acceptors (Lipinski definition) is 6. The van der Waals surface area contributed by atoms with E-state index in [-0.39, 0.29) is 24.5 Å². The molecule has 0 N–H and O–H groups in total. The van der Waals surface area contributed by atoms with Crippen LogP contribution >= 0.6 is 0 Å². The molecule has 1 aliphatic rings. The van der Waals surface area contributed by atoms with Crippen LogP contribution in [-0.2, 0) is 22.5 Å². The first-order valence-electron chi connectivity index (χ1n) is 12.9. The Balaban J connectivity index is 1.53. The topological polar surface area (TPSA) is 69.5 Å². The highest BCUT2D eigenvalue weighted by atomic mass is 16.5. The van der Waals surface area contributed by atoms with Crippen molar-refractivity contribution in [1.29, 1.82) is 0 Å². The summed E-state index contributed by atoms with van der Waals surface area (Å²) in [5, 5.41) is 4.75. The number of nitrogens with zero attached hydrogens (tertiary/aromatic N) is 4. The Labute approximate surface area is 214 Å². The second-order valence-corrected chi connectivity index (χ2v) is 10.2. The molecule has 0 spiro atoms. The number of hydrogen-bond donors (Lipinski definition) is 0. The summed E-state index contributed by atoms with van der Waals surface area (Å²) >= 11 is 0. The first-order chi connectivity index (χ1) is 17.3. The molecule has 0 unspecified atom stereocenters. The maximum absolute atomic E-state index is 12.6. The zero-order valence-electron chi connectivity index (χ0n) is 22.1. The monoisotopic (exact) mass is 490 g/mol. The Bertz CT molecular complexity index is 1150. The van der Waals surface area contributed by atoms with Crippen LogP contribution < -0.4 is 4.74 Å². The third-order valence-corrected chi connectivity index (χ3v) is 6.39. The molecule has 0 amide bonds. The number of carbonyl (C=O) groups excluding carboxylic acids is 1. The first kappa shape index (κ1) is 26.0. The fraction of sp³-hybridized carbons (Fsp3) is 0.483. The highest BCUT2D eigenvalue weighted by Gasteiger charge is 2.22. The molecule has 1 aliphatic heterocycles. The van der Waals surface area contributed by atoms with E-state index in [9.17, 15) is 4.79 Å². The molecule has 2 heterocycles. The van der Waals surface area contributed by atoms with Crippen LogP contribution in [0.3, 0.4) is 0 Å². The van der Waals surface area contributed by atoms with E-state index in [0.717, 1.165) is 42.9 Å². The largest absolute Gasteiger partial charge is 0.497 e. The lowest BCUT2D eigenvalue weighted by Gasteiger charge is -2.35. The van der Waals surface area contributed by atoms with Gasteiger partial charge in [-0.15, -0.1) is 5.10 Å². The highest BCUT2D eigenvalue weighted by Crippen LogP contribution is 2.26. The maximum Gasteiger partial charge on any atom is 0.181 e. The fourth-order valence-electron chi connectivity index (χ4n) is 4.81. The predicted octanol–water partition coefficient (Wildman–Crippen LogP) is 4.89. The van der Waals surface area contributed by atoms with Gasteiger partial charge in [0.2, 0.25) is 0 Å². The molecular weight excluding hydrogens is 452 g/mol. The van der Waals surface area contributed by atoms with Crippen molar-refractivity contribution in [2.24, 2.45) is 5.92 Å². The number of carbonyl (C=O) groups is 1.